The highest BCUT2D eigenvalue weighted by atomic mass is 15.0. The van der Waals surface area contributed by atoms with E-state index in [1.54, 1.807) is 0 Å². The van der Waals surface area contributed by atoms with Crippen LogP contribution in [0, 0.1) is 0 Å². The molecule has 0 aliphatic carbocycles. The lowest BCUT2D eigenvalue weighted by Crippen LogP contribution is -2.37. The molecule has 2 nitrogen and oxygen atoms in total. The van der Waals surface area contributed by atoms with Crippen molar-refractivity contribution in [2.75, 3.05) is 13.1 Å². The van der Waals surface area contributed by atoms with Gasteiger partial charge in [0.2, 0.25) is 0 Å². The molecule has 1 aliphatic heterocycles. The molecule has 0 unspecified atom stereocenters. The standard InChI is InChI=1S/C12H20N2/c1-4-6-7-11-12(10(3)5-2)14-9-8-13-11/h4,6-7,13-14H,5,8-9H2,1-3H3/b6-4-,11-7+,12-10-. The van der Waals surface area contributed by atoms with Crippen LogP contribution < -0.4 is 10.6 Å². The van der Waals surface area contributed by atoms with Crippen LogP contribution in [0.2, 0.25) is 0 Å². The van der Waals surface area contributed by atoms with E-state index < -0.39 is 0 Å². The maximum atomic E-state index is 3.44. The Balaban J connectivity index is 2.89. The predicted octanol–water partition coefficient (Wildman–Crippen LogP) is 2.32. The Bertz CT molecular complexity index is 272. The van der Waals surface area contributed by atoms with Crippen molar-refractivity contribution < 1.29 is 0 Å². The molecule has 0 aromatic rings. The molecule has 0 aromatic heterocycles. The lowest BCUT2D eigenvalue weighted by molar-refractivity contribution is 0.647. The molecule has 78 valence electrons. The van der Waals surface area contributed by atoms with Gasteiger partial charge in [0.15, 0.2) is 0 Å². The number of allylic oxidation sites excluding steroid dienone is 4. The lowest BCUT2D eigenvalue weighted by Gasteiger charge is -2.24. The summed E-state index contributed by atoms with van der Waals surface area (Å²) in [4.78, 5) is 0. The first-order valence-corrected chi connectivity index (χ1v) is 5.30. The number of nitrogens with one attached hydrogen (secondary N) is 2. The molecule has 0 amide bonds. The van der Waals surface area contributed by atoms with Crippen molar-refractivity contribution in [1.29, 1.82) is 0 Å². The van der Waals surface area contributed by atoms with Gasteiger partial charge < -0.3 is 10.6 Å². The van der Waals surface area contributed by atoms with Crippen LogP contribution in [0.25, 0.3) is 0 Å². The number of hydrogen-bond acceptors (Lipinski definition) is 2. The summed E-state index contributed by atoms with van der Waals surface area (Å²) in [7, 11) is 0. The summed E-state index contributed by atoms with van der Waals surface area (Å²) in [6.45, 7) is 8.41. The Kier molecular flexibility index (Phi) is 4.30. The average molecular weight is 192 g/mol. The molecule has 14 heavy (non-hydrogen) atoms. The summed E-state index contributed by atoms with van der Waals surface area (Å²) in [5.74, 6) is 0. The molecule has 1 saturated heterocycles. The monoisotopic (exact) mass is 192 g/mol. The Labute approximate surface area is 86.8 Å². The van der Waals surface area contributed by atoms with E-state index in [1.807, 2.05) is 13.0 Å². The number of rotatable bonds is 2. The van der Waals surface area contributed by atoms with Crippen LogP contribution in [-0.4, -0.2) is 13.1 Å². The smallest absolute Gasteiger partial charge is 0.0575 e. The van der Waals surface area contributed by atoms with Gasteiger partial charge in [0.05, 0.1) is 11.4 Å². The molecule has 2 N–H and O–H groups in total. The lowest BCUT2D eigenvalue weighted by atomic mass is 10.1. The minimum absolute atomic E-state index is 1.00. The molecular weight excluding hydrogens is 172 g/mol. The summed E-state index contributed by atoms with van der Waals surface area (Å²) >= 11 is 0. The summed E-state index contributed by atoms with van der Waals surface area (Å²) in [6, 6.07) is 0. The van der Waals surface area contributed by atoms with Crippen LogP contribution in [0.3, 0.4) is 0 Å². The minimum Gasteiger partial charge on any atom is -0.382 e. The first-order valence-electron chi connectivity index (χ1n) is 5.30. The van der Waals surface area contributed by atoms with E-state index in [-0.39, 0.29) is 0 Å². The average Bonchev–Trinajstić information content (AvgIpc) is 2.25. The Morgan fingerprint density at radius 2 is 2.07 bits per heavy atom. The van der Waals surface area contributed by atoms with Crippen molar-refractivity contribution in [2.24, 2.45) is 0 Å². The quantitative estimate of drug-likeness (QED) is 0.701. The van der Waals surface area contributed by atoms with Crippen molar-refractivity contribution in [1.82, 2.24) is 10.6 Å². The summed E-state index contributed by atoms with van der Waals surface area (Å²) in [5, 5.41) is 6.85. The van der Waals surface area contributed by atoms with Crippen LogP contribution in [0.1, 0.15) is 27.2 Å². The van der Waals surface area contributed by atoms with Gasteiger partial charge in [-0.05, 0) is 31.9 Å². The second-order valence-corrected chi connectivity index (χ2v) is 3.47. The maximum Gasteiger partial charge on any atom is 0.0575 e. The third-order valence-corrected chi connectivity index (χ3v) is 2.42. The van der Waals surface area contributed by atoms with Crippen molar-refractivity contribution in [3.8, 4) is 0 Å². The van der Waals surface area contributed by atoms with E-state index in [1.165, 1.54) is 17.0 Å². The van der Waals surface area contributed by atoms with Gasteiger partial charge in [-0.1, -0.05) is 19.1 Å². The van der Waals surface area contributed by atoms with Crippen molar-refractivity contribution >= 4 is 0 Å². The summed E-state index contributed by atoms with van der Waals surface area (Å²) < 4.78 is 0. The molecule has 0 bridgehead atoms. The summed E-state index contributed by atoms with van der Waals surface area (Å²) in [5.41, 5.74) is 3.90. The van der Waals surface area contributed by atoms with Gasteiger partial charge in [-0.2, -0.15) is 0 Å². The summed E-state index contributed by atoms with van der Waals surface area (Å²) in [6.07, 6.45) is 7.33. The fourth-order valence-corrected chi connectivity index (χ4v) is 1.46. The van der Waals surface area contributed by atoms with E-state index in [2.05, 4.69) is 36.6 Å². The van der Waals surface area contributed by atoms with Crippen molar-refractivity contribution in [2.45, 2.75) is 27.2 Å². The molecule has 0 aromatic carbocycles. The van der Waals surface area contributed by atoms with Gasteiger partial charge in [0.1, 0.15) is 0 Å². The molecule has 0 radical (unpaired) electrons. The van der Waals surface area contributed by atoms with Crippen LogP contribution in [-0.2, 0) is 0 Å². The van der Waals surface area contributed by atoms with Crippen molar-refractivity contribution in [3.05, 3.63) is 35.2 Å². The zero-order chi connectivity index (χ0) is 10.4. The van der Waals surface area contributed by atoms with Gasteiger partial charge in [0.25, 0.3) is 0 Å². The van der Waals surface area contributed by atoms with E-state index in [4.69, 9.17) is 0 Å². The van der Waals surface area contributed by atoms with Gasteiger partial charge in [0, 0.05) is 13.1 Å². The molecule has 1 aliphatic rings. The second kappa shape index (κ2) is 5.53. The zero-order valence-corrected chi connectivity index (χ0v) is 9.35. The normalized spacial score (nSPS) is 23.5. The minimum atomic E-state index is 1.00. The van der Waals surface area contributed by atoms with E-state index >= 15 is 0 Å². The molecule has 1 rings (SSSR count). The molecule has 1 fully saturated rings. The van der Waals surface area contributed by atoms with Gasteiger partial charge >= 0.3 is 0 Å². The van der Waals surface area contributed by atoms with E-state index in [0.717, 1.165) is 19.5 Å². The molecular formula is C12H20N2. The van der Waals surface area contributed by atoms with E-state index in [9.17, 15) is 0 Å². The highest BCUT2D eigenvalue weighted by Gasteiger charge is 2.10. The Morgan fingerprint density at radius 3 is 2.71 bits per heavy atom. The molecule has 2 heteroatoms. The van der Waals surface area contributed by atoms with E-state index in [0.29, 0.717) is 0 Å². The highest BCUT2D eigenvalue weighted by Crippen LogP contribution is 2.14. The largest absolute Gasteiger partial charge is 0.382 e. The Morgan fingerprint density at radius 1 is 1.36 bits per heavy atom. The number of piperazine rings is 1. The highest BCUT2D eigenvalue weighted by molar-refractivity contribution is 5.36. The van der Waals surface area contributed by atoms with Gasteiger partial charge in [-0.15, -0.1) is 0 Å². The SMILES string of the molecule is C\C=C/C=C1/NCCN/C1=C(/C)CC. The predicted molar refractivity (Wildman–Crippen MR) is 61.9 cm³/mol. The molecule has 0 atom stereocenters. The molecule has 1 heterocycles. The van der Waals surface area contributed by atoms with Crippen LogP contribution in [0.4, 0.5) is 0 Å². The second-order valence-electron chi connectivity index (χ2n) is 3.47. The molecule has 0 saturated carbocycles. The first-order chi connectivity index (χ1) is 6.79. The molecule has 0 spiro atoms. The van der Waals surface area contributed by atoms with Gasteiger partial charge in [-0.3, -0.25) is 0 Å². The van der Waals surface area contributed by atoms with Crippen LogP contribution >= 0.6 is 0 Å². The maximum absolute atomic E-state index is 3.44. The van der Waals surface area contributed by atoms with Gasteiger partial charge in [-0.25, -0.2) is 0 Å². The third-order valence-electron chi connectivity index (χ3n) is 2.42. The first kappa shape index (κ1) is 10.9. The fraction of sp³-hybridized carbons (Fsp3) is 0.500. The van der Waals surface area contributed by atoms with Crippen LogP contribution in [0.5, 0.6) is 0 Å². The third kappa shape index (κ3) is 2.66. The Hall–Kier alpha value is -1.18. The van der Waals surface area contributed by atoms with Crippen molar-refractivity contribution in [3.63, 3.8) is 0 Å². The topological polar surface area (TPSA) is 24.1 Å². The fourth-order valence-electron chi connectivity index (χ4n) is 1.46. The number of hydrogen-bond donors (Lipinski definition) is 2. The zero-order valence-electron chi connectivity index (χ0n) is 9.35. The van der Waals surface area contributed by atoms with Crippen LogP contribution in [0.15, 0.2) is 35.2 Å².